The number of esters is 2. The predicted octanol–water partition coefficient (Wildman–Crippen LogP) is 5.08. The molecular weight excluding hydrogens is 390 g/mol. The Kier molecular flexibility index (Phi) is 10.5. The summed E-state index contributed by atoms with van der Waals surface area (Å²) >= 11 is 0. The fraction of sp³-hybridized carbons (Fsp3) is 0.385. The highest BCUT2D eigenvalue weighted by molar-refractivity contribution is 5.81. The minimum absolute atomic E-state index is 0.00869. The lowest BCUT2D eigenvalue weighted by atomic mass is 9.98. The van der Waals surface area contributed by atoms with Gasteiger partial charge in [-0.05, 0) is 37.3 Å². The van der Waals surface area contributed by atoms with Gasteiger partial charge in [0.15, 0.2) is 0 Å². The van der Waals surface area contributed by atoms with E-state index in [0.29, 0.717) is 6.42 Å². The smallest absolute Gasteiger partial charge is 0.330 e. The van der Waals surface area contributed by atoms with Gasteiger partial charge in [0.1, 0.15) is 0 Å². The van der Waals surface area contributed by atoms with Crippen LogP contribution in [0.3, 0.4) is 0 Å². The van der Waals surface area contributed by atoms with Gasteiger partial charge >= 0.3 is 11.9 Å². The van der Waals surface area contributed by atoms with Crippen molar-refractivity contribution in [3.8, 4) is 0 Å². The van der Waals surface area contributed by atoms with Crippen LogP contribution in [-0.2, 0) is 25.6 Å². The molecule has 31 heavy (non-hydrogen) atoms. The summed E-state index contributed by atoms with van der Waals surface area (Å²) in [5.41, 5.74) is 2.41. The lowest BCUT2D eigenvalue weighted by molar-refractivity contribution is -0.142. The Bertz CT molecular complexity index is 820. The van der Waals surface area contributed by atoms with Gasteiger partial charge in [-0.2, -0.15) is 0 Å². The minimum atomic E-state index is -0.352. The maximum Gasteiger partial charge on any atom is 0.330 e. The number of hydrogen-bond acceptors (Lipinski definition) is 5. The first-order valence-corrected chi connectivity index (χ1v) is 10.7. The molecule has 0 radical (unpaired) electrons. The molecule has 2 rings (SSSR count). The number of carbonyl (C=O) groups is 2. The molecule has 0 saturated heterocycles. The molecule has 0 saturated carbocycles. The van der Waals surface area contributed by atoms with Gasteiger partial charge in [0.25, 0.3) is 0 Å². The number of unbranched alkanes of at least 4 members (excludes halogenated alkanes) is 1. The van der Waals surface area contributed by atoms with Crippen LogP contribution in [0.4, 0.5) is 0 Å². The molecule has 0 bridgehead atoms. The van der Waals surface area contributed by atoms with Crippen LogP contribution >= 0.6 is 0 Å². The molecule has 0 N–H and O–H groups in total. The van der Waals surface area contributed by atoms with Crippen LogP contribution in [0.2, 0.25) is 0 Å². The second kappa shape index (κ2) is 13.4. The minimum Gasteiger partial charge on any atom is -0.469 e. The van der Waals surface area contributed by atoms with Gasteiger partial charge in [0.2, 0.25) is 0 Å². The first-order chi connectivity index (χ1) is 15.0. The summed E-state index contributed by atoms with van der Waals surface area (Å²) in [5, 5.41) is 0. The monoisotopic (exact) mass is 423 g/mol. The fourth-order valence-corrected chi connectivity index (χ4v) is 3.68. The van der Waals surface area contributed by atoms with E-state index in [1.807, 2.05) is 42.5 Å². The van der Waals surface area contributed by atoms with E-state index < -0.39 is 0 Å². The Morgan fingerprint density at radius 2 is 1.61 bits per heavy atom. The van der Waals surface area contributed by atoms with E-state index in [2.05, 4.69) is 40.8 Å². The Hall–Kier alpha value is -2.92. The number of benzene rings is 2. The molecule has 0 aliphatic rings. The molecule has 0 spiro atoms. The first-order valence-electron chi connectivity index (χ1n) is 10.7. The van der Waals surface area contributed by atoms with Gasteiger partial charge in [-0.1, -0.05) is 66.7 Å². The Morgan fingerprint density at radius 3 is 2.23 bits per heavy atom. The molecule has 0 aliphatic heterocycles. The van der Waals surface area contributed by atoms with Crippen molar-refractivity contribution >= 4 is 11.9 Å². The normalized spacial score (nSPS) is 13.2. The number of rotatable bonds is 12. The van der Waals surface area contributed by atoms with Gasteiger partial charge in [-0.3, -0.25) is 9.69 Å². The zero-order chi connectivity index (χ0) is 22.5. The molecule has 2 atom stereocenters. The maximum absolute atomic E-state index is 12.2. The van der Waals surface area contributed by atoms with Crippen molar-refractivity contribution in [3.05, 3.63) is 83.9 Å². The second-order valence-electron chi connectivity index (χ2n) is 7.54. The molecular formula is C26H33NO4. The Balaban J connectivity index is 2.22. The van der Waals surface area contributed by atoms with Crippen molar-refractivity contribution in [1.82, 2.24) is 4.90 Å². The topological polar surface area (TPSA) is 55.8 Å². The standard InChI is InChI=1S/C26H33NO4/c1-21(23-15-9-5-10-16-23)27(20-22-13-7-4-8-14-22)24(19-26(29)31-3)17-11-6-12-18-25(28)30-2/h4-5,7-10,12-16,18,21,24H,6,11,17,19-20H2,1-3H3/b18-12+/t21-,24-/m1/s1. The summed E-state index contributed by atoms with van der Waals surface area (Å²) in [7, 11) is 2.80. The molecule has 0 aliphatic carbocycles. The molecule has 5 nitrogen and oxygen atoms in total. The highest BCUT2D eigenvalue weighted by Gasteiger charge is 2.27. The van der Waals surface area contributed by atoms with Crippen molar-refractivity contribution in [2.45, 2.75) is 51.2 Å². The Morgan fingerprint density at radius 1 is 0.968 bits per heavy atom. The zero-order valence-corrected chi connectivity index (χ0v) is 18.7. The van der Waals surface area contributed by atoms with Gasteiger partial charge in [0, 0.05) is 24.7 Å². The lowest BCUT2D eigenvalue weighted by Gasteiger charge is -2.36. The van der Waals surface area contributed by atoms with E-state index in [1.165, 1.54) is 31.4 Å². The molecule has 2 aromatic carbocycles. The molecule has 0 unspecified atom stereocenters. The van der Waals surface area contributed by atoms with E-state index in [1.54, 1.807) is 0 Å². The van der Waals surface area contributed by atoms with E-state index in [-0.39, 0.29) is 24.0 Å². The van der Waals surface area contributed by atoms with Crippen LogP contribution in [0.5, 0.6) is 0 Å². The highest BCUT2D eigenvalue weighted by Crippen LogP contribution is 2.28. The van der Waals surface area contributed by atoms with Crippen LogP contribution < -0.4 is 0 Å². The summed E-state index contributed by atoms with van der Waals surface area (Å²) in [6.07, 6.45) is 5.99. The summed E-state index contributed by atoms with van der Waals surface area (Å²) in [5.74, 6) is -0.567. The van der Waals surface area contributed by atoms with E-state index in [9.17, 15) is 9.59 Å². The predicted molar refractivity (Wildman–Crippen MR) is 122 cm³/mol. The summed E-state index contributed by atoms with van der Waals surface area (Å²) in [4.78, 5) is 25.9. The summed E-state index contributed by atoms with van der Waals surface area (Å²) < 4.78 is 9.63. The number of allylic oxidation sites excluding steroid dienone is 1. The third-order valence-electron chi connectivity index (χ3n) is 5.45. The van der Waals surface area contributed by atoms with E-state index in [0.717, 1.165) is 25.8 Å². The number of nitrogens with zero attached hydrogens (tertiary/aromatic N) is 1. The third-order valence-corrected chi connectivity index (χ3v) is 5.45. The molecule has 0 amide bonds. The maximum atomic E-state index is 12.2. The average molecular weight is 424 g/mol. The number of ether oxygens (including phenoxy) is 2. The van der Waals surface area contributed by atoms with E-state index in [4.69, 9.17) is 4.74 Å². The van der Waals surface area contributed by atoms with Crippen LogP contribution in [-0.4, -0.2) is 37.1 Å². The lowest BCUT2D eigenvalue weighted by Crippen LogP contribution is -2.38. The van der Waals surface area contributed by atoms with Crippen LogP contribution in [0.15, 0.2) is 72.8 Å². The molecule has 0 heterocycles. The first kappa shape index (κ1) is 24.4. The molecule has 0 fully saturated rings. The third kappa shape index (κ3) is 8.38. The highest BCUT2D eigenvalue weighted by atomic mass is 16.5. The number of methoxy groups -OCH3 is 2. The van der Waals surface area contributed by atoms with Gasteiger partial charge in [-0.25, -0.2) is 4.79 Å². The van der Waals surface area contributed by atoms with Gasteiger partial charge in [-0.15, -0.1) is 0 Å². The van der Waals surface area contributed by atoms with Crippen LogP contribution in [0.25, 0.3) is 0 Å². The quantitative estimate of drug-likeness (QED) is 0.271. The largest absolute Gasteiger partial charge is 0.469 e. The molecule has 166 valence electrons. The molecule has 2 aromatic rings. The fourth-order valence-electron chi connectivity index (χ4n) is 3.68. The summed E-state index contributed by atoms with van der Waals surface area (Å²) in [6, 6.07) is 20.8. The van der Waals surface area contributed by atoms with Crippen molar-refractivity contribution in [3.63, 3.8) is 0 Å². The molecule has 5 heteroatoms. The van der Waals surface area contributed by atoms with Crippen molar-refractivity contribution in [2.24, 2.45) is 0 Å². The van der Waals surface area contributed by atoms with Gasteiger partial charge in [0.05, 0.1) is 20.6 Å². The Labute approximate surface area is 185 Å². The summed E-state index contributed by atoms with van der Waals surface area (Å²) in [6.45, 7) is 2.91. The van der Waals surface area contributed by atoms with Crippen molar-refractivity contribution in [1.29, 1.82) is 0 Å². The SMILES string of the molecule is COC(=O)/C=C/CCC[C@H](CC(=O)OC)N(Cc1ccccc1)[C@H](C)c1ccccc1. The van der Waals surface area contributed by atoms with Crippen molar-refractivity contribution < 1.29 is 19.1 Å². The van der Waals surface area contributed by atoms with Crippen LogP contribution in [0, 0.1) is 0 Å². The number of hydrogen-bond donors (Lipinski definition) is 0. The van der Waals surface area contributed by atoms with Crippen molar-refractivity contribution in [2.75, 3.05) is 14.2 Å². The van der Waals surface area contributed by atoms with Crippen LogP contribution in [0.1, 0.15) is 49.8 Å². The zero-order valence-electron chi connectivity index (χ0n) is 18.7. The van der Waals surface area contributed by atoms with Gasteiger partial charge < -0.3 is 9.47 Å². The molecule has 0 aromatic heterocycles. The average Bonchev–Trinajstić information content (AvgIpc) is 2.82. The number of carbonyl (C=O) groups excluding carboxylic acids is 2. The van der Waals surface area contributed by atoms with E-state index >= 15 is 0 Å². The second-order valence-corrected chi connectivity index (χ2v) is 7.54.